The molecule has 0 unspecified atom stereocenters. The first-order chi connectivity index (χ1) is 14.5. The van der Waals surface area contributed by atoms with Crippen molar-refractivity contribution in [2.45, 2.75) is 24.5 Å². The summed E-state index contributed by atoms with van der Waals surface area (Å²) in [6, 6.07) is 0. The second-order valence-corrected chi connectivity index (χ2v) is 10.1. The third kappa shape index (κ3) is 7.05. The van der Waals surface area contributed by atoms with Crippen LogP contribution in [0.3, 0.4) is 0 Å². The lowest BCUT2D eigenvalue weighted by Crippen LogP contribution is -2.33. The molecular weight excluding hydrogens is 509 g/mol. The largest absolute Gasteiger partial charge is 0.490 e. The number of fused-ring (bicyclic) bond motifs is 1. The van der Waals surface area contributed by atoms with Gasteiger partial charge in [0, 0.05) is 0 Å². The van der Waals surface area contributed by atoms with Crippen molar-refractivity contribution < 1.29 is 66.8 Å². The summed E-state index contributed by atoms with van der Waals surface area (Å²) in [6.45, 7) is -0.421. The van der Waals surface area contributed by atoms with Gasteiger partial charge in [0.15, 0.2) is 17.4 Å². The molecule has 19 nitrogen and oxygen atoms in total. The molecular formula is C10H17N4O15P3. The van der Waals surface area contributed by atoms with E-state index in [0.29, 0.717) is 0 Å². The summed E-state index contributed by atoms with van der Waals surface area (Å²) in [5, 5.41) is 28.6. The minimum absolute atomic E-state index is 0.111. The van der Waals surface area contributed by atoms with E-state index < -0.39 is 60.2 Å². The Bertz CT molecular complexity index is 1110. The van der Waals surface area contributed by atoms with Crippen molar-refractivity contribution in [1.82, 2.24) is 19.5 Å². The first-order valence-corrected chi connectivity index (χ1v) is 12.5. The monoisotopic (exact) mass is 526 g/mol. The molecule has 0 bridgehead atoms. The van der Waals surface area contributed by atoms with Gasteiger partial charge < -0.3 is 49.5 Å². The molecule has 0 amide bonds. The van der Waals surface area contributed by atoms with Gasteiger partial charge in [-0.2, -0.15) is 8.62 Å². The average molecular weight is 526 g/mol. The molecule has 2 aromatic heterocycles. The summed E-state index contributed by atoms with van der Waals surface area (Å²) in [5.41, 5.74) is -0.0608. The number of aromatic nitrogens is 4. The van der Waals surface area contributed by atoms with Crippen LogP contribution in [-0.4, -0.2) is 84.2 Å². The number of H-pyrrole nitrogens is 1. The summed E-state index contributed by atoms with van der Waals surface area (Å²) < 4.78 is 43.1. The van der Waals surface area contributed by atoms with E-state index in [2.05, 4.69) is 23.6 Å². The van der Waals surface area contributed by atoms with Crippen molar-refractivity contribution in [3.05, 3.63) is 23.0 Å². The lowest BCUT2D eigenvalue weighted by atomic mass is 10.1. The SMILES string of the molecule is O=P(O)(O)OP(=O)(O)OP(=O)(O)O.O=c1[nH]cnc2c1ncn2[C@@H]1O[C@H](CO)[C@@H](O)[C@H]1O. The molecule has 0 saturated carbocycles. The Labute approximate surface area is 176 Å². The van der Waals surface area contributed by atoms with Crippen molar-refractivity contribution in [2.24, 2.45) is 0 Å². The predicted octanol–water partition coefficient (Wildman–Crippen LogP) is -2.96. The molecule has 4 atom stereocenters. The van der Waals surface area contributed by atoms with E-state index >= 15 is 0 Å². The van der Waals surface area contributed by atoms with Crippen LogP contribution < -0.4 is 5.56 Å². The Morgan fingerprint density at radius 1 is 1.03 bits per heavy atom. The molecule has 3 rings (SSSR count). The van der Waals surface area contributed by atoms with Crippen LogP contribution in [-0.2, 0) is 27.1 Å². The molecule has 22 heteroatoms. The fraction of sp³-hybridized carbons (Fsp3) is 0.500. The molecule has 182 valence electrons. The van der Waals surface area contributed by atoms with Gasteiger partial charge in [0.2, 0.25) is 0 Å². The zero-order valence-corrected chi connectivity index (χ0v) is 18.0. The molecule has 0 aromatic carbocycles. The van der Waals surface area contributed by atoms with Crippen LogP contribution >= 0.6 is 23.5 Å². The number of aliphatic hydroxyl groups is 3. The molecule has 32 heavy (non-hydrogen) atoms. The third-order valence-electron chi connectivity index (χ3n) is 3.58. The molecule has 1 aliphatic rings. The number of aromatic amines is 1. The number of imidazole rings is 1. The average Bonchev–Trinajstić information content (AvgIpc) is 3.14. The first-order valence-electron chi connectivity index (χ1n) is 7.94. The molecule has 0 radical (unpaired) electrons. The van der Waals surface area contributed by atoms with Crippen LogP contribution in [0.25, 0.3) is 11.2 Å². The predicted molar refractivity (Wildman–Crippen MR) is 97.2 cm³/mol. The van der Waals surface area contributed by atoms with Crippen LogP contribution in [0.5, 0.6) is 0 Å². The van der Waals surface area contributed by atoms with Gasteiger partial charge in [-0.3, -0.25) is 9.36 Å². The molecule has 0 spiro atoms. The van der Waals surface area contributed by atoms with E-state index in [1.165, 1.54) is 17.2 Å². The van der Waals surface area contributed by atoms with Gasteiger partial charge in [0.05, 0.1) is 19.3 Å². The minimum atomic E-state index is -5.46. The van der Waals surface area contributed by atoms with Crippen LogP contribution in [0.1, 0.15) is 6.23 Å². The molecule has 3 heterocycles. The number of phosphoric acid groups is 3. The lowest BCUT2D eigenvalue weighted by molar-refractivity contribution is -0.0511. The quantitative estimate of drug-likeness (QED) is 0.170. The first kappa shape index (κ1) is 26.8. The van der Waals surface area contributed by atoms with Crippen molar-refractivity contribution in [3.63, 3.8) is 0 Å². The fourth-order valence-corrected chi connectivity index (χ4v) is 4.98. The summed E-state index contributed by atoms with van der Waals surface area (Å²) in [7, 11) is -16.2. The summed E-state index contributed by atoms with van der Waals surface area (Å²) >= 11 is 0. The number of hydrogen-bond acceptors (Lipinski definition) is 12. The van der Waals surface area contributed by atoms with Crippen molar-refractivity contribution in [3.8, 4) is 0 Å². The number of nitrogens with one attached hydrogen (secondary N) is 1. The van der Waals surface area contributed by atoms with Crippen molar-refractivity contribution >= 4 is 34.6 Å². The maximum atomic E-state index is 11.5. The van der Waals surface area contributed by atoms with Crippen LogP contribution in [0.4, 0.5) is 0 Å². The summed E-state index contributed by atoms with van der Waals surface area (Å²) in [4.78, 5) is 62.0. The zero-order chi connectivity index (χ0) is 24.5. The van der Waals surface area contributed by atoms with Gasteiger partial charge in [0.1, 0.15) is 18.3 Å². The van der Waals surface area contributed by atoms with Crippen molar-refractivity contribution in [2.75, 3.05) is 6.61 Å². The normalized spacial score (nSPS) is 24.4. The van der Waals surface area contributed by atoms with Gasteiger partial charge in [-0.05, 0) is 0 Å². The van der Waals surface area contributed by atoms with Gasteiger partial charge >= 0.3 is 23.5 Å². The Balaban J connectivity index is 0.000000247. The number of nitrogens with zero attached hydrogens (tertiary/aromatic N) is 3. The fourth-order valence-electron chi connectivity index (χ4n) is 2.44. The van der Waals surface area contributed by atoms with Crippen LogP contribution in [0.15, 0.2) is 17.4 Å². The van der Waals surface area contributed by atoms with Gasteiger partial charge in [0.25, 0.3) is 5.56 Å². The highest BCUT2D eigenvalue weighted by Crippen LogP contribution is 2.64. The Morgan fingerprint density at radius 2 is 1.59 bits per heavy atom. The highest BCUT2D eigenvalue weighted by molar-refractivity contribution is 7.66. The second kappa shape index (κ2) is 9.84. The van der Waals surface area contributed by atoms with E-state index in [1.54, 1.807) is 0 Å². The standard InChI is InChI=1S/C10H12N4O5.H5O10P3/c15-1-4-6(16)7(17)10(19-4)14-3-13-5-8(14)11-2-12-9(5)18;1-11(2,3)9-13(7,8)10-12(4,5)6/h2-4,6-7,10,15-17H,1H2,(H,11,12,18);(H,7,8)(H2,1,2,3)(H2,4,5,6)/t4-,6-,7-,10-;/m1./s1. The number of ether oxygens (including phenoxy) is 1. The molecule has 1 aliphatic heterocycles. The molecule has 0 aliphatic carbocycles. The highest BCUT2D eigenvalue weighted by Gasteiger charge is 2.44. The zero-order valence-electron chi connectivity index (χ0n) is 15.3. The molecule has 1 fully saturated rings. The lowest BCUT2D eigenvalue weighted by Gasteiger charge is -2.16. The Hall–Kier alpha value is -1.40. The molecule has 1 saturated heterocycles. The summed E-state index contributed by atoms with van der Waals surface area (Å²) in [5.74, 6) is 0. The number of aliphatic hydroxyl groups excluding tert-OH is 3. The van der Waals surface area contributed by atoms with E-state index in [9.17, 15) is 28.7 Å². The number of hydrogen-bond donors (Lipinski definition) is 9. The van der Waals surface area contributed by atoms with E-state index in [0.717, 1.165) is 0 Å². The highest BCUT2D eigenvalue weighted by atomic mass is 31.3. The molecule has 9 N–H and O–H groups in total. The second-order valence-electron chi connectivity index (χ2n) is 5.90. The smallest absolute Gasteiger partial charge is 0.394 e. The van der Waals surface area contributed by atoms with E-state index in [-0.39, 0.29) is 11.2 Å². The molecule has 2 aromatic rings. The minimum Gasteiger partial charge on any atom is -0.394 e. The Kier molecular flexibility index (Phi) is 8.26. The van der Waals surface area contributed by atoms with Crippen LogP contribution in [0, 0.1) is 0 Å². The topological polar surface area (TPSA) is 304 Å². The van der Waals surface area contributed by atoms with Crippen LogP contribution in [0.2, 0.25) is 0 Å². The van der Waals surface area contributed by atoms with Gasteiger partial charge in [-0.25, -0.2) is 23.7 Å². The van der Waals surface area contributed by atoms with E-state index in [1.807, 2.05) is 0 Å². The Morgan fingerprint density at radius 3 is 2.06 bits per heavy atom. The van der Waals surface area contributed by atoms with Gasteiger partial charge in [-0.15, -0.1) is 0 Å². The third-order valence-corrected chi connectivity index (χ3v) is 6.93. The van der Waals surface area contributed by atoms with E-state index in [4.69, 9.17) is 34.3 Å². The maximum absolute atomic E-state index is 11.5. The number of rotatable bonds is 6. The maximum Gasteiger partial charge on any atom is 0.490 e. The van der Waals surface area contributed by atoms with Crippen molar-refractivity contribution in [1.29, 1.82) is 0 Å². The summed E-state index contributed by atoms with van der Waals surface area (Å²) in [6.07, 6.45) is -1.78. The van der Waals surface area contributed by atoms with Gasteiger partial charge in [-0.1, -0.05) is 0 Å².